The number of carbonyl (C=O) groups is 1. The van der Waals surface area contributed by atoms with E-state index in [1.807, 2.05) is 6.92 Å². The van der Waals surface area contributed by atoms with Crippen LogP contribution in [0.1, 0.15) is 42.4 Å². The zero-order valence-corrected chi connectivity index (χ0v) is 11.6. The molecule has 0 bridgehead atoms. The molecular weight excluding hydrogens is 224 g/mol. The Morgan fingerprint density at radius 3 is 2.72 bits per heavy atom. The summed E-state index contributed by atoms with van der Waals surface area (Å²) in [5.41, 5.74) is 9.07. The van der Waals surface area contributed by atoms with E-state index in [1.54, 1.807) is 0 Å². The number of nitrogens with two attached hydrogens (primary N) is 1. The molecule has 0 radical (unpaired) electrons. The maximum absolute atomic E-state index is 12.2. The van der Waals surface area contributed by atoms with Crippen LogP contribution in [0.25, 0.3) is 0 Å². The SMILES string of the molecule is CCNC(=O)C(CCCN)c1cc(C)ccc1C. The van der Waals surface area contributed by atoms with E-state index in [0.29, 0.717) is 13.1 Å². The van der Waals surface area contributed by atoms with Gasteiger partial charge in [-0.05, 0) is 51.3 Å². The summed E-state index contributed by atoms with van der Waals surface area (Å²) in [6.45, 7) is 7.36. The van der Waals surface area contributed by atoms with Gasteiger partial charge >= 0.3 is 0 Å². The van der Waals surface area contributed by atoms with E-state index in [1.165, 1.54) is 11.1 Å². The molecule has 100 valence electrons. The average Bonchev–Trinajstić information content (AvgIpc) is 2.34. The van der Waals surface area contributed by atoms with Crippen LogP contribution in [-0.2, 0) is 4.79 Å². The Bertz CT molecular complexity index is 401. The number of nitrogens with one attached hydrogen (secondary N) is 1. The van der Waals surface area contributed by atoms with Gasteiger partial charge in [-0.25, -0.2) is 0 Å². The van der Waals surface area contributed by atoms with Crippen LogP contribution in [-0.4, -0.2) is 19.0 Å². The van der Waals surface area contributed by atoms with Crippen molar-refractivity contribution in [1.29, 1.82) is 0 Å². The maximum Gasteiger partial charge on any atom is 0.227 e. The second-order valence-corrected chi connectivity index (χ2v) is 4.74. The fraction of sp³-hybridized carbons (Fsp3) is 0.533. The van der Waals surface area contributed by atoms with Crippen molar-refractivity contribution in [1.82, 2.24) is 5.32 Å². The first-order valence-corrected chi connectivity index (χ1v) is 6.65. The molecule has 3 nitrogen and oxygen atoms in total. The van der Waals surface area contributed by atoms with E-state index in [4.69, 9.17) is 5.73 Å². The summed E-state index contributed by atoms with van der Waals surface area (Å²) in [6, 6.07) is 6.28. The van der Waals surface area contributed by atoms with Gasteiger partial charge in [-0.1, -0.05) is 23.8 Å². The first-order chi connectivity index (χ1) is 8.60. The van der Waals surface area contributed by atoms with Crippen molar-refractivity contribution in [2.24, 2.45) is 5.73 Å². The van der Waals surface area contributed by atoms with Gasteiger partial charge in [0.15, 0.2) is 0 Å². The van der Waals surface area contributed by atoms with Crippen molar-refractivity contribution in [2.45, 2.75) is 39.5 Å². The van der Waals surface area contributed by atoms with Crippen LogP contribution < -0.4 is 11.1 Å². The summed E-state index contributed by atoms with van der Waals surface area (Å²) in [5, 5.41) is 2.92. The Balaban J connectivity index is 3.00. The Morgan fingerprint density at radius 2 is 2.11 bits per heavy atom. The number of carbonyl (C=O) groups excluding carboxylic acids is 1. The molecule has 0 heterocycles. The van der Waals surface area contributed by atoms with E-state index in [9.17, 15) is 4.79 Å². The van der Waals surface area contributed by atoms with Crippen LogP contribution in [0.4, 0.5) is 0 Å². The summed E-state index contributed by atoms with van der Waals surface area (Å²) < 4.78 is 0. The van der Waals surface area contributed by atoms with Gasteiger partial charge in [0.2, 0.25) is 5.91 Å². The lowest BCUT2D eigenvalue weighted by atomic mass is 9.89. The predicted molar refractivity (Wildman–Crippen MR) is 75.6 cm³/mol. The van der Waals surface area contributed by atoms with Crippen molar-refractivity contribution in [3.63, 3.8) is 0 Å². The van der Waals surface area contributed by atoms with Gasteiger partial charge in [-0.2, -0.15) is 0 Å². The van der Waals surface area contributed by atoms with Crippen molar-refractivity contribution >= 4 is 5.91 Å². The van der Waals surface area contributed by atoms with E-state index in [0.717, 1.165) is 18.4 Å². The van der Waals surface area contributed by atoms with Crippen molar-refractivity contribution < 1.29 is 4.79 Å². The van der Waals surface area contributed by atoms with Gasteiger partial charge in [-0.15, -0.1) is 0 Å². The topological polar surface area (TPSA) is 55.1 Å². The summed E-state index contributed by atoms with van der Waals surface area (Å²) in [7, 11) is 0. The second kappa shape index (κ2) is 7.17. The minimum Gasteiger partial charge on any atom is -0.356 e. The fourth-order valence-corrected chi connectivity index (χ4v) is 2.18. The highest BCUT2D eigenvalue weighted by Gasteiger charge is 2.21. The van der Waals surface area contributed by atoms with E-state index in [-0.39, 0.29) is 11.8 Å². The average molecular weight is 248 g/mol. The normalized spacial score (nSPS) is 12.2. The van der Waals surface area contributed by atoms with Gasteiger partial charge in [0.05, 0.1) is 5.92 Å². The third-order valence-corrected chi connectivity index (χ3v) is 3.17. The zero-order chi connectivity index (χ0) is 13.5. The van der Waals surface area contributed by atoms with Crippen LogP contribution in [0.15, 0.2) is 18.2 Å². The summed E-state index contributed by atoms with van der Waals surface area (Å²) in [4.78, 5) is 12.2. The molecule has 0 aliphatic carbocycles. The lowest BCUT2D eigenvalue weighted by Gasteiger charge is -2.19. The third kappa shape index (κ3) is 3.84. The lowest BCUT2D eigenvalue weighted by molar-refractivity contribution is -0.122. The first-order valence-electron chi connectivity index (χ1n) is 6.65. The molecule has 0 saturated heterocycles. The number of likely N-dealkylation sites (N-methyl/N-ethyl adjacent to an activating group) is 1. The quantitative estimate of drug-likeness (QED) is 0.811. The molecule has 0 aliphatic rings. The fourth-order valence-electron chi connectivity index (χ4n) is 2.18. The molecule has 1 aromatic rings. The Morgan fingerprint density at radius 1 is 1.39 bits per heavy atom. The number of amides is 1. The Hall–Kier alpha value is -1.35. The summed E-state index contributed by atoms with van der Waals surface area (Å²) in [6.07, 6.45) is 1.68. The van der Waals surface area contributed by atoms with Gasteiger partial charge in [0, 0.05) is 6.54 Å². The molecule has 1 amide bonds. The second-order valence-electron chi connectivity index (χ2n) is 4.74. The van der Waals surface area contributed by atoms with Crippen molar-refractivity contribution in [3.8, 4) is 0 Å². The highest BCUT2D eigenvalue weighted by molar-refractivity contribution is 5.84. The van der Waals surface area contributed by atoms with Gasteiger partial charge in [0.25, 0.3) is 0 Å². The molecule has 1 rings (SSSR count). The van der Waals surface area contributed by atoms with Crippen LogP contribution >= 0.6 is 0 Å². The largest absolute Gasteiger partial charge is 0.356 e. The van der Waals surface area contributed by atoms with Gasteiger partial charge in [0.1, 0.15) is 0 Å². The van der Waals surface area contributed by atoms with E-state index in [2.05, 4.69) is 37.4 Å². The molecular formula is C15H24N2O. The van der Waals surface area contributed by atoms with Crippen LogP contribution in [0.2, 0.25) is 0 Å². The summed E-state index contributed by atoms with van der Waals surface area (Å²) >= 11 is 0. The van der Waals surface area contributed by atoms with E-state index >= 15 is 0 Å². The zero-order valence-electron chi connectivity index (χ0n) is 11.6. The smallest absolute Gasteiger partial charge is 0.227 e. The molecule has 0 spiro atoms. The molecule has 0 fully saturated rings. The molecule has 0 aromatic heterocycles. The molecule has 0 saturated carbocycles. The number of hydrogen-bond donors (Lipinski definition) is 2. The van der Waals surface area contributed by atoms with Crippen molar-refractivity contribution in [3.05, 3.63) is 34.9 Å². The highest BCUT2D eigenvalue weighted by Crippen LogP contribution is 2.25. The summed E-state index contributed by atoms with van der Waals surface area (Å²) in [5.74, 6) is 0.0352. The van der Waals surface area contributed by atoms with Crippen LogP contribution in [0.3, 0.4) is 0 Å². The molecule has 3 heteroatoms. The van der Waals surface area contributed by atoms with Crippen LogP contribution in [0, 0.1) is 13.8 Å². The van der Waals surface area contributed by atoms with Gasteiger partial charge in [-0.3, -0.25) is 4.79 Å². The minimum atomic E-state index is -0.0756. The van der Waals surface area contributed by atoms with Crippen molar-refractivity contribution in [2.75, 3.05) is 13.1 Å². The molecule has 18 heavy (non-hydrogen) atoms. The maximum atomic E-state index is 12.2. The van der Waals surface area contributed by atoms with Gasteiger partial charge < -0.3 is 11.1 Å². The highest BCUT2D eigenvalue weighted by atomic mass is 16.1. The Labute approximate surface area is 110 Å². The Kier molecular flexibility index (Phi) is 5.86. The molecule has 0 aliphatic heterocycles. The molecule has 1 unspecified atom stereocenters. The predicted octanol–water partition coefficient (Wildman–Crippen LogP) is 2.26. The number of rotatable bonds is 6. The monoisotopic (exact) mass is 248 g/mol. The minimum absolute atomic E-state index is 0.0756. The number of benzene rings is 1. The van der Waals surface area contributed by atoms with Crippen LogP contribution in [0.5, 0.6) is 0 Å². The van der Waals surface area contributed by atoms with E-state index < -0.39 is 0 Å². The molecule has 1 atom stereocenters. The molecule has 3 N–H and O–H groups in total. The lowest BCUT2D eigenvalue weighted by Crippen LogP contribution is -2.30. The molecule has 1 aromatic carbocycles. The first kappa shape index (κ1) is 14.7. The third-order valence-electron chi connectivity index (χ3n) is 3.17. The standard InChI is InChI=1S/C15H24N2O/c1-4-17-15(18)13(6-5-9-16)14-10-11(2)7-8-12(14)3/h7-8,10,13H,4-6,9,16H2,1-3H3,(H,17,18). The number of aryl methyl sites for hydroxylation is 2. The number of hydrogen-bond acceptors (Lipinski definition) is 2.